The summed E-state index contributed by atoms with van der Waals surface area (Å²) in [6.07, 6.45) is 0.810. The molecule has 0 N–H and O–H groups in total. The summed E-state index contributed by atoms with van der Waals surface area (Å²) in [6.45, 7) is 3.71. The van der Waals surface area contributed by atoms with Gasteiger partial charge in [0.25, 0.3) is 17.2 Å². The number of carbonyl (C=O) groups excluding carboxylic acids is 1. The monoisotopic (exact) mass is 492 g/mol. The fraction of sp³-hybridized carbons (Fsp3) is 0.240. The number of hydrogen-bond acceptors (Lipinski definition) is 6. The van der Waals surface area contributed by atoms with E-state index in [9.17, 15) is 24.5 Å². The second-order valence-electron chi connectivity index (χ2n) is 8.39. The SMILES string of the molecule is CCc1ccc(-n2c(=O)c3c(C)c(C(=O)N(C)C)sc3n(Cc3cccc([N+](=O)[O-])c3)c2=O)cc1. The molecule has 0 spiro atoms. The summed E-state index contributed by atoms with van der Waals surface area (Å²) < 4.78 is 2.51. The molecule has 2 heterocycles. The van der Waals surface area contributed by atoms with Crippen molar-refractivity contribution < 1.29 is 9.72 Å². The van der Waals surface area contributed by atoms with E-state index < -0.39 is 16.2 Å². The molecule has 0 atom stereocenters. The molecule has 1 amide bonds. The van der Waals surface area contributed by atoms with E-state index >= 15 is 0 Å². The molecular weight excluding hydrogens is 468 g/mol. The Bertz CT molecular complexity index is 1580. The first kappa shape index (κ1) is 24.1. The smallest absolute Gasteiger partial charge is 0.337 e. The number of nitro groups is 1. The molecule has 180 valence electrons. The van der Waals surface area contributed by atoms with Gasteiger partial charge in [-0.1, -0.05) is 31.2 Å². The molecule has 4 rings (SSSR count). The van der Waals surface area contributed by atoms with Crippen LogP contribution in [0.25, 0.3) is 15.9 Å². The van der Waals surface area contributed by atoms with Crippen LogP contribution < -0.4 is 11.2 Å². The molecule has 0 unspecified atom stereocenters. The molecule has 4 aromatic rings. The lowest BCUT2D eigenvalue weighted by atomic mass is 10.1. The first-order valence-electron chi connectivity index (χ1n) is 11.0. The largest absolute Gasteiger partial charge is 0.344 e. The van der Waals surface area contributed by atoms with E-state index in [0.717, 1.165) is 27.9 Å². The molecule has 2 aromatic carbocycles. The minimum Gasteiger partial charge on any atom is -0.344 e. The topological polar surface area (TPSA) is 107 Å². The second-order valence-corrected chi connectivity index (χ2v) is 9.39. The van der Waals surface area contributed by atoms with Gasteiger partial charge in [-0.3, -0.25) is 24.3 Å². The van der Waals surface area contributed by atoms with Gasteiger partial charge in [0.05, 0.1) is 27.4 Å². The predicted molar refractivity (Wildman–Crippen MR) is 136 cm³/mol. The fourth-order valence-corrected chi connectivity index (χ4v) is 5.27. The van der Waals surface area contributed by atoms with Crippen molar-refractivity contribution in [1.29, 1.82) is 0 Å². The van der Waals surface area contributed by atoms with Crippen molar-refractivity contribution >= 4 is 33.1 Å². The van der Waals surface area contributed by atoms with Gasteiger partial charge in [-0.05, 0) is 42.2 Å². The van der Waals surface area contributed by atoms with E-state index in [1.54, 1.807) is 45.3 Å². The summed E-state index contributed by atoms with van der Waals surface area (Å²) in [7, 11) is 3.24. The molecule has 0 aliphatic carbocycles. The lowest BCUT2D eigenvalue weighted by molar-refractivity contribution is -0.384. The van der Waals surface area contributed by atoms with Crippen molar-refractivity contribution in [2.24, 2.45) is 0 Å². The highest BCUT2D eigenvalue weighted by molar-refractivity contribution is 7.20. The molecule has 2 aromatic heterocycles. The molecule has 0 aliphatic heterocycles. The summed E-state index contributed by atoms with van der Waals surface area (Å²) in [4.78, 5) is 53.0. The number of benzene rings is 2. The Morgan fingerprint density at radius 1 is 1.09 bits per heavy atom. The van der Waals surface area contributed by atoms with Crippen LogP contribution in [0.1, 0.15) is 33.3 Å². The van der Waals surface area contributed by atoms with Crippen LogP contribution in [0.15, 0.2) is 58.1 Å². The highest BCUT2D eigenvalue weighted by Gasteiger charge is 2.24. The average Bonchev–Trinajstić information content (AvgIpc) is 3.19. The number of fused-ring (bicyclic) bond motifs is 1. The highest BCUT2D eigenvalue weighted by atomic mass is 32.1. The van der Waals surface area contributed by atoms with Crippen molar-refractivity contribution in [3.05, 3.63) is 101 Å². The van der Waals surface area contributed by atoms with E-state index in [1.165, 1.54) is 21.6 Å². The maximum Gasteiger partial charge on any atom is 0.337 e. The normalized spacial score (nSPS) is 11.1. The lowest BCUT2D eigenvalue weighted by Gasteiger charge is -2.13. The molecule has 0 saturated carbocycles. The summed E-state index contributed by atoms with van der Waals surface area (Å²) >= 11 is 1.08. The van der Waals surface area contributed by atoms with Crippen LogP contribution in [0, 0.1) is 17.0 Å². The Hall–Kier alpha value is -4.05. The first-order chi connectivity index (χ1) is 16.6. The number of hydrogen-bond donors (Lipinski definition) is 0. The van der Waals surface area contributed by atoms with E-state index in [-0.39, 0.29) is 23.5 Å². The van der Waals surface area contributed by atoms with E-state index in [0.29, 0.717) is 26.5 Å². The van der Waals surface area contributed by atoms with Gasteiger partial charge in [0, 0.05) is 26.2 Å². The number of nitrogens with zero attached hydrogens (tertiary/aromatic N) is 4. The number of thiophene rings is 1. The second kappa shape index (κ2) is 9.30. The summed E-state index contributed by atoms with van der Waals surface area (Å²) in [5, 5.41) is 11.5. The van der Waals surface area contributed by atoms with Gasteiger partial charge < -0.3 is 4.90 Å². The van der Waals surface area contributed by atoms with Crippen molar-refractivity contribution in [2.45, 2.75) is 26.8 Å². The molecule has 0 bridgehead atoms. The van der Waals surface area contributed by atoms with Crippen LogP contribution in [-0.4, -0.2) is 39.0 Å². The zero-order valence-corrected chi connectivity index (χ0v) is 20.6. The zero-order chi connectivity index (χ0) is 25.4. The maximum atomic E-state index is 13.7. The minimum atomic E-state index is -0.580. The number of aryl methyl sites for hydroxylation is 2. The van der Waals surface area contributed by atoms with Crippen molar-refractivity contribution in [3.63, 3.8) is 0 Å². The number of aromatic nitrogens is 2. The Morgan fingerprint density at radius 2 is 1.77 bits per heavy atom. The van der Waals surface area contributed by atoms with Gasteiger partial charge in [0.15, 0.2) is 0 Å². The van der Waals surface area contributed by atoms with Crippen molar-refractivity contribution in [2.75, 3.05) is 14.1 Å². The molecular formula is C25H24N4O5S. The Labute approximate surface area is 204 Å². The summed E-state index contributed by atoms with van der Waals surface area (Å²) in [6, 6.07) is 13.2. The third-order valence-corrected chi connectivity index (χ3v) is 7.18. The van der Waals surface area contributed by atoms with E-state index in [4.69, 9.17) is 0 Å². The summed E-state index contributed by atoms with van der Waals surface area (Å²) in [5.74, 6) is -0.267. The highest BCUT2D eigenvalue weighted by Crippen LogP contribution is 2.29. The standard InChI is InChI=1S/C25H24N4O5S/c1-5-16-9-11-18(12-10-16)28-22(30)20-15(2)21(23(31)26(3)4)35-24(20)27(25(28)32)14-17-7-6-8-19(13-17)29(33)34/h6-13H,5,14H2,1-4H3. The molecule has 0 aliphatic rings. The van der Waals surface area contributed by atoms with Gasteiger partial charge in [-0.2, -0.15) is 0 Å². The van der Waals surface area contributed by atoms with Crippen LogP contribution in [-0.2, 0) is 13.0 Å². The molecule has 0 saturated heterocycles. The Morgan fingerprint density at radius 3 is 2.37 bits per heavy atom. The van der Waals surface area contributed by atoms with E-state index in [2.05, 4.69) is 0 Å². The molecule has 10 heteroatoms. The van der Waals surface area contributed by atoms with Crippen LogP contribution >= 0.6 is 11.3 Å². The van der Waals surface area contributed by atoms with Gasteiger partial charge in [-0.15, -0.1) is 11.3 Å². The third-order valence-electron chi connectivity index (χ3n) is 5.88. The molecule has 0 fully saturated rings. The first-order valence-corrected chi connectivity index (χ1v) is 11.8. The predicted octanol–water partition coefficient (Wildman–Crippen LogP) is 3.74. The lowest BCUT2D eigenvalue weighted by Crippen LogP contribution is -2.38. The van der Waals surface area contributed by atoms with Crippen molar-refractivity contribution in [1.82, 2.24) is 14.0 Å². The van der Waals surface area contributed by atoms with Crippen LogP contribution in [0.3, 0.4) is 0 Å². The van der Waals surface area contributed by atoms with Crippen LogP contribution in [0.4, 0.5) is 5.69 Å². The molecule has 0 radical (unpaired) electrons. The fourth-order valence-electron chi connectivity index (χ4n) is 3.95. The Balaban J connectivity index is 2.04. The third kappa shape index (κ3) is 4.28. The molecule has 9 nitrogen and oxygen atoms in total. The maximum absolute atomic E-state index is 13.7. The number of nitro benzene ring substituents is 1. The van der Waals surface area contributed by atoms with Gasteiger partial charge in [0.1, 0.15) is 4.83 Å². The minimum absolute atomic E-state index is 0.000114. The number of rotatable bonds is 6. The van der Waals surface area contributed by atoms with Crippen molar-refractivity contribution in [3.8, 4) is 5.69 Å². The zero-order valence-electron chi connectivity index (χ0n) is 19.8. The molecule has 35 heavy (non-hydrogen) atoms. The van der Waals surface area contributed by atoms with Gasteiger partial charge in [0.2, 0.25) is 0 Å². The van der Waals surface area contributed by atoms with Gasteiger partial charge >= 0.3 is 5.69 Å². The number of amides is 1. The van der Waals surface area contributed by atoms with Gasteiger partial charge in [-0.25, -0.2) is 9.36 Å². The van der Waals surface area contributed by atoms with Crippen LogP contribution in [0.5, 0.6) is 0 Å². The number of carbonyl (C=O) groups is 1. The average molecular weight is 493 g/mol. The number of non-ortho nitro benzene ring substituents is 1. The van der Waals surface area contributed by atoms with Crippen LogP contribution in [0.2, 0.25) is 0 Å². The van der Waals surface area contributed by atoms with E-state index in [1.807, 2.05) is 19.1 Å². The Kier molecular flexibility index (Phi) is 6.40. The summed E-state index contributed by atoms with van der Waals surface area (Å²) in [5.41, 5.74) is 1.32. The quantitative estimate of drug-likeness (QED) is 0.301.